The van der Waals surface area contributed by atoms with Crippen LogP contribution in [0.5, 0.6) is 11.5 Å². The van der Waals surface area contributed by atoms with Crippen molar-refractivity contribution >= 4 is 5.69 Å². The lowest BCUT2D eigenvalue weighted by atomic mass is 10.1. The largest absolute Gasteiger partial charge is 0.454 e. The van der Waals surface area contributed by atoms with E-state index in [2.05, 4.69) is 5.32 Å². The van der Waals surface area contributed by atoms with E-state index in [1.54, 1.807) is 13.2 Å². The highest BCUT2D eigenvalue weighted by atomic mass is 16.7. The molecule has 2 rings (SSSR count). The SMILES string of the molecule is COCC(C)NCc1cc2c(cc1[N+](=O)[O-])OCO2. The van der Waals surface area contributed by atoms with Gasteiger partial charge in [0.15, 0.2) is 11.5 Å². The second-order valence-corrected chi connectivity index (χ2v) is 4.33. The maximum absolute atomic E-state index is 11.0. The first-order valence-corrected chi connectivity index (χ1v) is 5.91. The Hall–Kier alpha value is -1.86. The average Bonchev–Trinajstić information content (AvgIpc) is 2.82. The molecule has 0 bridgehead atoms. The van der Waals surface area contributed by atoms with Crippen LogP contribution in [0.1, 0.15) is 12.5 Å². The third kappa shape index (κ3) is 3.12. The molecule has 1 aromatic rings. The van der Waals surface area contributed by atoms with Gasteiger partial charge in [0.2, 0.25) is 6.79 Å². The van der Waals surface area contributed by atoms with Crippen molar-refractivity contribution < 1.29 is 19.1 Å². The second kappa shape index (κ2) is 5.85. The number of nitrogens with zero attached hydrogens (tertiary/aromatic N) is 1. The Morgan fingerprint density at radius 2 is 2.16 bits per heavy atom. The van der Waals surface area contributed by atoms with E-state index in [4.69, 9.17) is 14.2 Å². The molecule has 0 aromatic heterocycles. The molecule has 0 radical (unpaired) electrons. The van der Waals surface area contributed by atoms with Crippen LogP contribution in [0.3, 0.4) is 0 Å². The van der Waals surface area contributed by atoms with Crippen LogP contribution in [0.4, 0.5) is 5.69 Å². The molecule has 0 saturated heterocycles. The van der Waals surface area contributed by atoms with Crippen molar-refractivity contribution in [3.63, 3.8) is 0 Å². The lowest BCUT2D eigenvalue weighted by Crippen LogP contribution is -2.29. The van der Waals surface area contributed by atoms with Gasteiger partial charge in [-0.25, -0.2) is 0 Å². The minimum Gasteiger partial charge on any atom is -0.454 e. The summed E-state index contributed by atoms with van der Waals surface area (Å²) >= 11 is 0. The zero-order chi connectivity index (χ0) is 13.8. The Labute approximate surface area is 110 Å². The molecule has 1 aliphatic rings. The van der Waals surface area contributed by atoms with E-state index in [-0.39, 0.29) is 18.5 Å². The number of nitro benzene ring substituents is 1. The average molecular weight is 268 g/mol. The number of benzene rings is 1. The van der Waals surface area contributed by atoms with Crippen LogP contribution in [-0.2, 0) is 11.3 Å². The van der Waals surface area contributed by atoms with Crippen LogP contribution < -0.4 is 14.8 Å². The summed E-state index contributed by atoms with van der Waals surface area (Å²) < 4.78 is 15.4. The molecule has 0 fully saturated rings. The van der Waals surface area contributed by atoms with Gasteiger partial charge in [0, 0.05) is 25.3 Å². The second-order valence-electron chi connectivity index (χ2n) is 4.33. The Morgan fingerprint density at radius 3 is 2.79 bits per heavy atom. The van der Waals surface area contributed by atoms with Gasteiger partial charge in [-0.1, -0.05) is 0 Å². The minimum atomic E-state index is -0.417. The first-order valence-electron chi connectivity index (χ1n) is 5.91. The zero-order valence-corrected chi connectivity index (χ0v) is 10.8. The molecule has 0 spiro atoms. The van der Waals surface area contributed by atoms with Crippen LogP contribution in [0.2, 0.25) is 0 Å². The summed E-state index contributed by atoms with van der Waals surface area (Å²) in [6.45, 7) is 2.96. The van der Waals surface area contributed by atoms with Crippen LogP contribution >= 0.6 is 0 Å². The molecule has 1 aromatic carbocycles. The smallest absolute Gasteiger partial charge is 0.277 e. The summed E-state index contributed by atoms with van der Waals surface area (Å²) in [6.07, 6.45) is 0. The lowest BCUT2D eigenvalue weighted by molar-refractivity contribution is -0.385. The molecule has 1 heterocycles. The van der Waals surface area contributed by atoms with Crippen LogP contribution in [-0.4, -0.2) is 31.5 Å². The number of ether oxygens (including phenoxy) is 3. The summed E-state index contributed by atoms with van der Waals surface area (Å²) in [5, 5.41) is 14.2. The molecule has 19 heavy (non-hydrogen) atoms. The normalized spacial score (nSPS) is 14.4. The fourth-order valence-corrected chi connectivity index (χ4v) is 1.88. The summed E-state index contributed by atoms with van der Waals surface area (Å²) in [7, 11) is 1.61. The summed E-state index contributed by atoms with van der Waals surface area (Å²) in [4.78, 5) is 10.6. The Balaban J connectivity index is 2.16. The maximum Gasteiger partial charge on any atom is 0.277 e. The summed E-state index contributed by atoms with van der Waals surface area (Å²) in [5.74, 6) is 0.960. The fourth-order valence-electron chi connectivity index (χ4n) is 1.88. The highest BCUT2D eigenvalue weighted by molar-refractivity contribution is 5.55. The van der Waals surface area contributed by atoms with E-state index in [1.807, 2.05) is 6.92 Å². The molecular weight excluding hydrogens is 252 g/mol. The monoisotopic (exact) mass is 268 g/mol. The van der Waals surface area contributed by atoms with Crippen molar-refractivity contribution in [3.8, 4) is 11.5 Å². The number of nitrogens with one attached hydrogen (secondary N) is 1. The van der Waals surface area contributed by atoms with E-state index in [0.29, 0.717) is 30.2 Å². The van der Waals surface area contributed by atoms with Crippen molar-refractivity contribution in [2.75, 3.05) is 20.5 Å². The topological polar surface area (TPSA) is 82.9 Å². The highest BCUT2D eigenvalue weighted by Crippen LogP contribution is 2.37. The van der Waals surface area contributed by atoms with Gasteiger partial charge < -0.3 is 19.5 Å². The first-order chi connectivity index (χ1) is 9.11. The third-order valence-electron chi connectivity index (χ3n) is 2.83. The van der Waals surface area contributed by atoms with E-state index in [9.17, 15) is 10.1 Å². The van der Waals surface area contributed by atoms with E-state index in [1.165, 1.54) is 6.07 Å². The Kier molecular flexibility index (Phi) is 4.18. The number of methoxy groups -OCH3 is 1. The van der Waals surface area contributed by atoms with Crippen molar-refractivity contribution in [1.29, 1.82) is 0 Å². The molecule has 7 nitrogen and oxygen atoms in total. The van der Waals surface area contributed by atoms with Crippen molar-refractivity contribution in [2.24, 2.45) is 0 Å². The van der Waals surface area contributed by atoms with E-state index < -0.39 is 4.92 Å². The third-order valence-corrected chi connectivity index (χ3v) is 2.83. The fraction of sp³-hybridized carbons (Fsp3) is 0.500. The number of fused-ring (bicyclic) bond motifs is 1. The van der Waals surface area contributed by atoms with Crippen LogP contribution in [0.15, 0.2) is 12.1 Å². The number of rotatable bonds is 6. The maximum atomic E-state index is 11.0. The molecule has 1 aliphatic heterocycles. The predicted molar refractivity (Wildman–Crippen MR) is 67.4 cm³/mol. The van der Waals surface area contributed by atoms with Gasteiger partial charge in [0.1, 0.15) is 0 Å². The minimum absolute atomic E-state index is 0.0290. The van der Waals surface area contributed by atoms with Gasteiger partial charge in [-0.05, 0) is 13.0 Å². The molecule has 0 amide bonds. The van der Waals surface area contributed by atoms with Gasteiger partial charge >= 0.3 is 0 Å². The van der Waals surface area contributed by atoms with Gasteiger partial charge in [0.25, 0.3) is 5.69 Å². The number of hydrogen-bond donors (Lipinski definition) is 1. The summed E-state index contributed by atoms with van der Waals surface area (Å²) in [5.41, 5.74) is 0.596. The van der Waals surface area contributed by atoms with Crippen molar-refractivity contribution in [1.82, 2.24) is 5.32 Å². The predicted octanol–water partition coefficient (Wildman–Crippen LogP) is 1.45. The summed E-state index contributed by atoms with van der Waals surface area (Å²) in [6, 6.07) is 3.16. The van der Waals surface area contributed by atoms with Crippen LogP contribution in [0.25, 0.3) is 0 Å². The Bertz CT molecular complexity index is 477. The first kappa shape index (κ1) is 13.6. The lowest BCUT2D eigenvalue weighted by Gasteiger charge is -2.13. The van der Waals surface area contributed by atoms with Crippen molar-refractivity contribution in [3.05, 3.63) is 27.8 Å². The van der Waals surface area contributed by atoms with Gasteiger partial charge in [-0.3, -0.25) is 10.1 Å². The number of hydrogen-bond acceptors (Lipinski definition) is 6. The molecule has 1 unspecified atom stereocenters. The molecule has 0 saturated carbocycles. The molecule has 1 atom stereocenters. The van der Waals surface area contributed by atoms with Gasteiger partial charge in [0.05, 0.1) is 17.6 Å². The van der Waals surface area contributed by atoms with Crippen LogP contribution in [0, 0.1) is 10.1 Å². The molecule has 104 valence electrons. The van der Waals surface area contributed by atoms with E-state index >= 15 is 0 Å². The standard InChI is InChI=1S/C12H16N2O5/c1-8(6-17-2)13-5-9-3-11-12(19-7-18-11)4-10(9)14(15)16/h3-4,8,13H,5-7H2,1-2H3. The molecule has 0 aliphatic carbocycles. The van der Waals surface area contributed by atoms with Crippen molar-refractivity contribution in [2.45, 2.75) is 19.5 Å². The van der Waals surface area contributed by atoms with Gasteiger partial charge in [-0.15, -0.1) is 0 Å². The quantitative estimate of drug-likeness (QED) is 0.621. The van der Waals surface area contributed by atoms with E-state index in [0.717, 1.165) is 0 Å². The zero-order valence-electron chi connectivity index (χ0n) is 10.8. The highest BCUT2D eigenvalue weighted by Gasteiger charge is 2.23. The Morgan fingerprint density at radius 1 is 1.47 bits per heavy atom. The van der Waals surface area contributed by atoms with Gasteiger partial charge in [-0.2, -0.15) is 0 Å². The number of nitro groups is 1. The molecule has 7 heteroatoms. The molecule has 1 N–H and O–H groups in total. The molecular formula is C12H16N2O5.